The molecule has 0 spiro atoms. The molecular formula is C70H123NO8P+. The first-order valence-electron chi connectivity index (χ1n) is 32.6. The highest BCUT2D eigenvalue weighted by Crippen LogP contribution is 2.43. The summed E-state index contributed by atoms with van der Waals surface area (Å²) >= 11 is 0. The van der Waals surface area contributed by atoms with Crippen LogP contribution in [-0.4, -0.2) is 74.9 Å². The second-order valence-corrected chi connectivity index (χ2v) is 24.2. The molecule has 0 aromatic heterocycles. The van der Waals surface area contributed by atoms with Gasteiger partial charge in [0.2, 0.25) is 0 Å². The molecule has 0 heterocycles. The first-order chi connectivity index (χ1) is 39.0. The van der Waals surface area contributed by atoms with Gasteiger partial charge in [0.15, 0.2) is 6.10 Å². The third-order valence-corrected chi connectivity index (χ3v) is 14.8. The number of likely N-dealkylation sites (N-methyl/N-ethyl adjacent to an activating group) is 1. The minimum Gasteiger partial charge on any atom is -0.462 e. The fourth-order valence-corrected chi connectivity index (χ4v) is 9.53. The van der Waals surface area contributed by atoms with Crippen molar-refractivity contribution in [2.75, 3.05) is 47.5 Å². The fourth-order valence-electron chi connectivity index (χ4n) is 8.79. The molecule has 0 radical (unpaired) electrons. The van der Waals surface area contributed by atoms with Crippen LogP contribution >= 0.6 is 7.82 Å². The number of allylic oxidation sites excluding steroid dienone is 18. The predicted molar refractivity (Wildman–Crippen MR) is 344 cm³/mol. The Morgan fingerprint density at radius 3 is 1.06 bits per heavy atom. The van der Waals surface area contributed by atoms with E-state index in [4.69, 9.17) is 18.5 Å². The molecule has 0 fully saturated rings. The molecule has 0 aromatic rings. The number of phosphoric acid groups is 1. The van der Waals surface area contributed by atoms with Crippen LogP contribution in [-0.2, 0) is 32.7 Å². The van der Waals surface area contributed by atoms with Crippen LogP contribution in [0.5, 0.6) is 0 Å². The van der Waals surface area contributed by atoms with Crippen molar-refractivity contribution in [3.05, 3.63) is 109 Å². The molecule has 0 bridgehead atoms. The zero-order chi connectivity index (χ0) is 58.4. The van der Waals surface area contributed by atoms with Crippen LogP contribution in [0.1, 0.15) is 271 Å². The van der Waals surface area contributed by atoms with Gasteiger partial charge < -0.3 is 18.9 Å². The number of quaternary nitrogens is 1. The summed E-state index contributed by atoms with van der Waals surface area (Å²) in [6, 6.07) is 0. The molecule has 0 amide bonds. The van der Waals surface area contributed by atoms with Crippen molar-refractivity contribution < 1.29 is 42.1 Å². The molecule has 0 saturated carbocycles. The number of unbranched alkanes of at least 4 members (excludes halogenated alkanes) is 27. The van der Waals surface area contributed by atoms with Crippen molar-refractivity contribution in [2.45, 2.75) is 277 Å². The molecule has 2 unspecified atom stereocenters. The van der Waals surface area contributed by atoms with Gasteiger partial charge in [-0.05, 0) is 103 Å². The number of rotatable bonds is 59. The number of carbonyl (C=O) groups excluding carboxylic acids is 2. The van der Waals surface area contributed by atoms with Crippen molar-refractivity contribution in [2.24, 2.45) is 0 Å². The van der Waals surface area contributed by atoms with E-state index in [0.29, 0.717) is 17.4 Å². The van der Waals surface area contributed by atoms with Gasteiger partial charge in [0.05, 0.1) is 27.7 Å². The first kappa shape index (κ1) is 76.7. The van der Waals surface area contributed by atoms with Crippen LogP contribution in [0.2, 0.25) is 0 Å². The lowest BCUT2D eigenvalue weighted by atomic mass is 10.0. The quantitative estimate of drug-likeness (QED) is 0.0211. The number of ether oxygens (including phenoxy) is 2. The van der Waals surface area contributed by atoms with Crippen molar-refractivity contribution in [1.29, 1.82) is 0 Å². The summed E-state index contributed by atoms with van der Waals surface area (Å²) in [7, 11) is 1.47. The van der Waals surface area contributed by atoms with Crippen LogP contribution < -0.4 is 0 Å². The molecule has 0 aromatic carbocycles. The van der Waals surface area contributed by atoms with Gasteiger partial charge in [0.1, 0.15) is 19.8 Å². The van der Waals surface area contributed by atoms with E-state index in [-0.39, 0.29) is 32.0 Å². The second kappa shape index (κ2) is 60.3. The molecule has 9 nitrogen and oxygen atoms in total. The van der Waals surface area contributed by atoms with E-state index >= 15 is 0 Å². The van der Waals surface area contributed by atoms with Crippen LogP contribution in [0, 0.1) is 0 Å². The molecule has 460 valence electrons. The standard InChI is InChI=1S/C70H122NO8P/c1-6-8-10-12-14-16-18-20-22-24-26-27-28-29-30-31-32-33-34-35-36-37-38-39-40-41-42-43-45-47-49-51-53-55-57-59-61-63-70(73)79-68(67-78-80(74,75)77-65-64-71(3,4)5)66-76-69(72)62-60-58-56-54-52-50-48-46-44-25-23-21-19-17-15-13-11-9-7-2/h8,10,14-17,20-23,26-27,29-30,32-33,35-36,68H,6-7,9,11-13,18-19,24-25,28,31,34,37-67H2,1-5H3/p+1/b10-8-,16-14-,17-15-,22-20-,23-21-,27-26-,30-29-,33-32-,36-35-. The minimum absolute atomic E-state index is 0.0277. The maximum absolute atomic E-state index is 12.9. The molecule has 10 heteroatoms. The van der Waals surface area contributed by atoms with Gasteiger partial charge in [-0.3, -0.25) is 18.6 Å². The number of nitrogens with zero attached hydrogens (tertiary/aromatic N) is 1. The SMILES string of the molecule is CC/C=C\C/C=C\C/C=C\C/C=C\C/C=C\C/C=C\C/C=C\CCCCCCCCCCCCCCCCCC(=O)OC(COC(=O)CCCCCCCCCCC/C=C\C/C=C\CCCCC)COP(=O)(O)OCC[N+](C)(C)C. The summed E-state index contributed by atoms with van der Waals surface area (Å²) in [4.78, 5) is 35.8. The van der Waals surface area contributed by atoms with E-state index in [9.17, 15) is 19.0 Å². The van der Waals surface area contributed by atoms with Crippen LogP contribution in [0.25, 0.3) is 0 Å². The van der Waals surface area contributed by atoms with Crippen molar-refractivity contribution >= 4 is 19.8 Å². The molecule has 0 aliphatic heterocycles. The molecule has 0 rings (SSSR count). The molecule has 1 N–H and O–H groups in total. The molecule has 0 aliphatic rings. The second-order valence-electron chi connectivity index (χ2n) is 22.8. The highest BCUT2D eigenvalue weighted by molar-refractivity contribution is 7.47. The number of carbonyl (C=O) groups is 2. The van der Waals surface area contributed by atoms with Crippen LogP contribution in [0.15, 0.2) is 109 Å². The molecule has 0 saturated heterocycles. The lowest BCUT2D eigenvalue weighted by molar-refractivity contribution is -0.870. The van der Waals surface area contributed by atoms with Crippen molar-refractivity contribution in [3.63, 3.8) is 0 Å². The Morgan fingerprint density at radius 2 is 0.713 bits per heavy atom. The average Bonchev–Trinajstić information content (AvgIpc) is 3.42. The summed E-state index contributed by atoms with van der Waals surface area (Å²) in [6.07, 6.45) is 84.6. The van der Waals surface area contributed by atoms with E-state index in [1.807, 2.05) is 21.1 Å². The number of hydrogen-bond acceptors (Lipinski definition) is 7. The van der Waals surface area contributed by atoms with Gasteiger partial charge in [-0.15, -0.1) is 0 Å². The Labute approximate surface area is 493 Å². The lowest BCUT2D eigenvalue weighted by Crippen LogP contribution is -2.37. The zero-order valence-electron chi connectivity index (χ0n) is 52.3. The molecular weight excluding hydrogens is 1010 g/mol. The summed E-state index contributed by atoms with van der Waals surface area (Å²) in [5, 5.41) is 0. The smallest absolute Gasteiger partial charge is 0.462 e. The van der Waals surface area contributed by atoms with E-state index in [1.165, 1.54) is 148 Å². The van der Waals surface area contributed by atoms with Crippen LogP contribution in [0.4, 0.5) is 0 Å². The van der Waals surface area contributed by atoms with Crippen molar-refractivity contribution in [1.82, 2.24) is 0 Å². The Kier molecular flexibility index (Phi) is 57.8. The predicted octanol–water partition coefficient (Wildman–Crippen LogP) is 20.9. The third kappa shape index (κ3) is 63.8. The average molecular weight is 1140 g/mol. The summed E-state index contributed by atoms with van der Waals surface area (Å²) in [5.41, 5.74) is 0. The summed E-state index contributed by atoms with van der Waals surface area (Å²) in [6.45, 7) is 4.30. The van der Waals surface area contributed by atoms with E-state index in [1.54, 1.807) is 0 Å². The third-order valence-electron chi connectivity index (χ3n) is 13.8. The van der Waals surface area contributed by atoms with Gasteiger partial charge in [0, 0.05) is 12.8 Å². The van der Waals surface area contributed by atoms with E-state index < -0.39 is 26.5 Å². The van der Waals surface area contributed by atoms with E-state index in [0.717, 1.165) is 89.9 Å². The van der Waals surface area contributed by atoms with Crippen LogP contribution in [0.3, 0.4) is 0 Å². The van der Waals surface area contributed by atoms with Crippen molar-refractivity contribution in [3.8, 4) is 0 Å². The van der Waals surface area contributed by atoms with Gasteiger partial charge >= 0.3 is 19.8 Å². The summed E-state index contributed by atoms with van der Waals surface area (Å²) in [5.74, 6) is -0.800. The largest absolute Gasteiger partial charge is 0.472 e. The number of phosphoric ester groups is 1. The van der Waals surface area contributed by atoms with Gasteiger partial charge in [-0.2, -0.15) is 0 Å². The maximum atomic E-state index is 12.9. The molecule has 80 heavy (non-hydrogen) atoms. The molecule has 0 aliphatic carbocycles. The lowest BCUT2D eigenvalue weighted by Gasteiger charge is -2.24. The fraction of sp³-hybridized carbons (Fsp3) is 0.714. The first-order valence-corrected chi connectivity index (χ1v) is 34.1. The van der Waals surface area contributed by atoms with Gasteiger partial charge in [0.25, 0.3) is 0 Å². The highest BCUT2D eigenvalue weighted by atomic mass is 31.2. The zero-order valence-corrected chi connectivity index (χ0v) is 53.2. The Balaban J connectivity index is 4.05. The normalized spacial score (nSPS) is 13.9. The van der Waals surface area contributed by atoms with Gasteiger partial charge in [-0.25, -0.2) is 4.57 Å². The molecule has 2 atom stereocenters. The summed E-state index contributed by atoms with van der Waals surface area (Å²) < 4.78 is 34.6. The minimum atomic E-state index is -4.39. The monoisotopic (exact) mass is 1140 g/mol. The highest BCUT2D eigenvalue weighted by Gasteiger charge is 2.27. The Hall–Kier alpha value is -3.33. The van der Waals surface area contributed by atoms with Gasteiger partial charge in [-0.1, -0.05) is 264 Å². The Morgan fingerprint density at radius 1 is 0.400 bits per heavy atom. The topological polar surface area (TPSA) is 108 Å². The maximum Gasteiger partial charge on any atom is 0.472 e. The Bertz CT molecular complexity index is 1720. The number of esters is 2. The van der Waals surface area contributed by atoms with E-state index in [2.05, 4.69) is 123 Å². The number of hydrogen-bond donors (Lipinski definition) is 1.